The fraction of sp³-hybridized carbons (Fsp3) is 0.381. The number of hydrogen-bond acceptors (Lipinski definition) is 6. The van der Waals surface area contributed by atoms with Crippen LogP contribution >= 0.6 is 11.6 Å². The third kappa shape index (κ3) is 7.93. The largest absolute Gasteiger partial charge is 0.481 e. The number of fused-ring (bicyclic) bond motifs is 2. The van der Waals surface area contributed by atoms with E-state index < -0.39 is 26.4 Å². The van der Waals surface area contributed by atoms with E-state index in [1.54, 1.807) is 25.2 Å². The molecule has 1 heterocycles. The van der Waals surface area contributed by atoms with Crippen molar-refractivity contribution in [3.63, 3.8) is 0 Å². The summed E-state index contributed by atoms with van der Waals surface area (Å²) < 4.78 is 59.3. The van der Waals surface area contributed by atoms with Gasteiger partial charge >= 0.3 is 16.4 Å². The summed E-state index contributed by atoms with van der Waals surface area (Å²) in [5.74, 6) is -0.765. The second kappa shape index (κ2) is 12.0. The van der Waals surface area contributed by atoms with Crippen molar-refractivity contribution in [3.05, 3.63) is 58.6 Å². The Morgan fingerprint density at radius 2 is 1.68 bits per heavy atom. The zero-order valence-corrected chi connectivity index (χ0v) is 20.8. The maximum Gasteiger partial charge on any atom is 0.394 e. The number of halogens is 1. The topological polar surface area (TPSA) is 161 Å². The third-order valence-electron chi connectivity index (χ3n) is 5.18. The van der Waals surface area contributed by atoms with Gasteiger partial charge < -0.3 is 10.4 Å². The van der Waals surface area contributed by atoms with Gasteiger partial charge in [0.1, 0.15) is 0 Å². The second-order valence-corrected chi connectivity index (χ2v) is 10.9. The van der Waals surface area contributed by atoms with Crippen LogP contribution < -0.4 is 9.62 Å². The number of aliphatic carboxylic acids is 1. The Balaban J connectivity index is 0.000000739. The van der Waals surface area contributed by atoms with Crippen molar-refractivity contribution >= 4 is 43.7 Å². The van der Waals surface area contributed by atoms with Crippen molar-refractivity contribution in [3.8, 4) is 0 Å². The van der Waals surface area contributed by atoms with E-state index in [1.807, 2.05) is 18.2 Å². The van der Waals surface area contributed by atoms with Crippen LogP contribution in [0.15, 0.2) is 47.4 Å². The standard InChI is InChI=1S/C21H25ClN2O4S.H2O4S/c1-24-18-9-6-5-8-16(18)21(23-13-7-3-2-4-10-20(25)26)17-12-11-15(22)14-19(17)29(24,27)28;1-5(2,3)4/h5-6,8-9,11-12,14,21,23H,2-4,7,10,13H2,1H3,(H,25,26);(H2,1,2,3,4). The average Bonchev–Trinajstić information content (AvgIpc) is 2.80. The summed E-state index contributed by atoms with van der Waals surface area (Å²) in [6.07, 6.45) is 3.52. The molecular weight excluding hydrogens is 508 g/mol. The van der Waals surface area contributed by atoms with E-state index in [0.29, 0.717) is 29.2 Å². The van der Waals surface area contributed by atoms with E-state index in [4.69, 9.17) is 34.2 Å². The highest BCUT2D eigenvalue weighted by molar-refractivity contribution is 7.92. The third-order valence-corrected chi connectivity index (χ3v) is 7.24. The Morgan fingerprint density at radius 3 is 2.32 bits per heavy atom. The van der Waals surface area contributed by atoms with Gasteiger partial charge in [-0.05, 0) is 48.7 Å². The molecule has 10 nitrogen and oxygen atoms in total. The number of rotatable bonds is 8. The number of carbonyl (C=O) groups is 1. The van der Waals surface area contributed by atoms with Crippen LogP contribution in [-0.4, -0.2) is 50.6 Å². The monoisotopic (exact) mass is 534 g/mol. The van der Waals surface area contributed by atoms with Crippen molar-refractivity contribution in [2.75, 3.05) is 17.9 Å². The zero-order chi connectivity index (χ0) is 25.5. The highest BCUT2D eigenvalue weighted by atomic mass is 35.5. The summed E-state index contributed by atoms with van der Waals surface area (Å²) in [5.41, 5.74) is 2.21. The van der Waals surface area contributed by atoms with Crippen LogP contribution in [0.3, 0.4) is 0 Å². The molecule has 0 saturated carbocycles. The molecule has 0 aromatic heterocycles. The lowest BCUT2D eigenvalue weighted by molar-refractivity contribution is -0.137. The zero-order valence-electron chi connectivity index (χ0n) is 18.4. The quantitative estimate of drug-likeness (QED) is 0.293. The Morgan fingerprint density at radius 1 is 1.06 bits per heavy atom. The van der Waals surface area contributed by atoms with Crippen LogP contribution in [-0.2, 0) is 25.2 Å². The number of sulfonamides is 1. The van der Waals surface area contributed by atoms with E-state index in [-0.39, 0.29) is 17.4 Å². The van der Waals surface area contributed by atoms with Gasteiger partial charge in [-0.15, -0.1) is 0 Å². The first-order chi connectivity index (χ1) is 15.8. The second-order valence-electron chi connectivity index (χ2n) is 7.61. The molecule has 2 aromatic carbocycles. The number of unbranched alkanes of at least 4 members (excludes halogenated alkanes) is 3. The van der Waals surface area contributed by atoms with Crippen molar-refractivity contribution < 1.29 is 35.8 Å². The molecule has 0 amide bonds. The molecule has 1 aliphatic rings. The summed E-state index contributed by atoms with van der Waals surface area (Å²) in [4.78, 5) is 10.8. The van der Waals surface area contributed by atoms with Gasteiger partial charge in [0.2, 0.25) is 0 Å². The summed E-state index contributed by atoms with van der Waals surface area (Å²) in [6.45, 7) is 0.692. The van der Waals surface area contributed by atoms with Crippen LogP contribution in [0, 0.1) is 0 Å². The fourth-order valence-corrected chi connectivity index (χ4v) is 5.37. The molecule has 0 aliphatic carbocycles. The summed E-state index contributed by atoms with van der Waals surface area (Å²) in [6, 6.07) is 12.2. The van der Waals surface area contributed by atoms with Crippen molar-refractivity contribution in [1.29, 1.82) is 0 Å². The fourth-order valence-electron chi connectivity index (χ4n) is 3.65. The van der Waals surface area contributed by atoms with Crippen LogP contribution in [0.5, 0.6) is 0 Å². The van der Waals surface area contributed by atoms with Gasteiger partial charge in [-0.3, -0.25) is 18.2 Å². The maximum atomic E-state index is 13.2. The molecule has 13 heteroatoms. The predicted molar refractivity (Wildman–Crippen MR) is 128 cm³/mol. The molecular formula is C21H27ClN2O8S2. The lowest BCUT2D eigenvalue weighted by atomic mass is 9.96. The smallest absolute Gasteiger partial charge is 0.394 e. The average molecular weight is 535 g/mol. The number of benzene rings is 2. The normalized spacial score (nSPS) is 16.5. The minimum Gasteiger partial charge on any atom is -0.481 e. The first kappa shape index (κ1) is 28.0. The molecule has 0 radical (unpaired) electrons. The van der Waals surface area contributed by atoms with E-state index in [9.17, 15) is 13.2 Å². The summed E-state index contributed by atoms with van der Waals surface area (Å²) in [7, 11) is -6.83. The highest BCUT2D eigenvalue weighted by Crippen LogP contribution is 2.40. The molecule has 3 rings (SSSR count). The maximum absolute atomic E-state index is 13.2. The molecule has 1 unspecified atom stereocenters. The van der Waals surface area contributed by atoms with E-state index in [1.165, 1.54) is 10.4 Å². The number of nitrogens with one attached hydrogen (secondary N) is 1. The van der Waals surface area contributed by atoms with Crippen molar-refractivity contribution in [1.82, 2.24) is 5.32 Å². The number of para-hydroxylation sites is 1. The van der Waals surface area contributed by atoms with Gasteiger partial charge in [-0.25, -0.2) is 8.42 Å². The molecule has 34 heavy (non-hydrogen) atoms. The molecule has 0 spiro atoms. The Labute approximate surface area is 204 Å². The number of hydrogen-bond donors (Lipinski definition) is 4. The molecule has 188 valence electrons. The summed E-state index contributed by atoms with van der Waals surface area (Å²) in [5, 5.41) is 12.6. The number of anilines is 1. The minimum atomic E-state index is -4.67. The minimum absolute atomic E-state index is 0.196. The lowest BCUT2D eigenvalue weighted by Crippen LogP contribution is -2.26. The number of carboxylic acid groups (broad SMARTS) is 1. The Bertz CT molecular complexity index is 1210. The van der Waals surface area contributed by atoms with Gasteiger partial charge in [0.05, 0.1) is 16.6 Å². The Kier molecular flexibility index (Phi) is 9.85. The highest BCUT2D eigenvalue weighted by Gasteiger charge is 2.34. The van der Waals surface area contributed by atoms with Crippen molar-refractivity contribution in [2.45, 2.75) is 43.0 Å². The Hall–Kier alpha value is -2.22. The van der Waals surface area contributed by atoms with Gasteiger partial charge in [0.15, 0.2) is 0 Å². The first-order valence-electron chi connectivity index (χ1n) is 10.3. The van der Waals surface area contributed by atoms with Gasteiger partial charge in [0.25, 0.3) is 10.0 Å². The molecule has 1 atom stereocenters. The van der Waals surface area contributed by atoms with Crippen LogP contribution in [0.25, 0.3) is 0 Å². The predicted octanol–water partition coefficient (Wildman–Crippen LogP) is 3.54. The molecule has 4 N–H and O–H groups in total. The first-order valence-corrected chi connectivity index (χ1v) is 13.6. The van der Waals surface area contributed by atoms with Gasteiger partial charge in [-0.1, -0.05) is 48.7 Å². The number of nitrogens with zero attached hydrogens (tertiary/aromatic N) is 1. The molecule has 0 saturated heterocycles. The molecule has 2 aromatic rings. The van der Waals surface area contributed by atoms with Crippen LogP contribution in [0.1, 0.15) is 49.3 Å². The molecule has 0 bridgehead atoms. The molecule has 1 aliphatic heterocycles. The van der Waals surface area contributed by atoms with Crippen molar-refractivity contribution in [2.24, 2.45) is 0 Å². The van der Waals surface area contributed by atoms with Crippen LogP contribution in [0.2, 0.25) is 5.02 Å². The van der Waals surface area contributed by atoms with E-state index >= 15 is 0 Å². The van der Waals surface area contributed by atoms with E-state index in [0.717, 1.165) is 24.8 Å². The van der Waals surface area contributed by atoms with Gasteiger partial charge in [-0.2, -0.15) is 8.42 Å². The van der Waals surface area contributed by atoms with E-state index in [2.05, 4.69) is 5.32 Å². The number of carboxylic acids is 1. The van der Waals surface area contributed by atoms with Crippen LogP contribution in [0.4, 0.5) is 5.69 Å². The lowest BCUT2D eigenvalue weighted by Gasteiger charge is -2.22. The summed E-state index contributed by atoms with van der Waals surface area (Å²) >= 11 is 6.12. The van der Waals surface area contributed by atoms with Gasteiger partial charge in [0, 0.05) is 18.5 Å². The molecule has 0 fully saturated rings. The SMILES string of the molecule is CN1c2ccccc2C(NCCCCCCC(=O)O)c2ccc(Cl)cc2S1(=O)=O.O=S(=O)(O)O.